The monoisotopic (exact) mass is 277 g/mol. The third-order valence-corrected chi connectivity index (χ3v) is 5.75. The van der Waals surface area contributed by atoms with Crippen molar-refractivity contribution in [1.82, 2.24) is 5.32 Å². The SMILES string of the molecule is C=C1SC(c2ccsc2)(S(=O)(=O)O)NC1=O. The van der Waals surface area contributed by atoms with E-state index >= 15 is 0 Å². The standard InChI is InChI=1S/C8H7NO4S3/c1-5-7(10)9-8(15-5,16(11,12)13)6-2-3-14-4-6/h2-4H,1H2,(H,9,10)(H,11,12,13). The summed E-state index contributed by atoms with van der Waals surface area (Å²) in [6.45, 7) is 3.43. The molecule has 16 heavy (non-hydrogen) atoms. The van der Waals surface area contributed by atoms with Crippen LogP contribution in [0.1, 0.15) is 5.56 Å². The van der Waals surface area contributed by atoms with Gasteiger partial charge < -0.3 is 5.32 Å². The van der Waals surface area contributed by atoms with Crippen molar-refractivity contribution in [3.05, 3.63) is 33.9 Å². The minimum absolute atomic E-state index is 0.0591. The number of hydrogen-bond donors (Lipinski definition) is 2. The van der Waals surface area contributed by atoms with Crippen LogP contribution in [0.2, 0.25) is 0 Å². The second kappa shape index (κ2) is 3.59. The van der Waals surface area contributed by atoms with Crippen LogP contribution in [-0.4, -0.2) is 18.9 Å². The average molecular weight is 277 g/mol. The van der Waals surface area contributed by atoms with E-state index in [4.69, 9.17) is 0 Å². The van der Waals surface area contributed by atoms with E-state index in [-0.39, 0.29) is 4.91 Å². The van der Waals surface area contributed by atoms with Crippen molar-refractivity contribution >= 4 is 39.1 Å². The molecule has 0 aromatic carbocycles. The van der Waals surface area contributed by atoms with E-state index in [1.54, 1.807) is 10.8 Å². The molecule has 0 spiro atoms. The molecular formula is C8H7NO4S3. The molecule has 0 radical (unpaired) electrons. The van der Waals surface area contributed by atoms with Gasteiger partial charge in [-0.05, 0) is 16.8 Å². The Bertz CT molecular complexity index is 530. The van der Waals surface area contributed by atoms with Crippen LogP contribution < -0.4 is 5.32 Å². The van der Waals surface area contributed by atoms with E-state index in [0.717, 1.165) is 0 Å². The Hall–Kier alpha value is -0.830. The van der Waals surface area contributed by atoms with E-state index in [2.05, 4.69) is 11.9 Å². The van der Waals surface area contributed by atoms with E-state index in [1.165, 1.54) is 17.4 Å². The van der Waals surface area contributed by atoms with Crippen LogP contribution in [0.4, 0.5) is 0 Å². The lowest BCUT2D eigenvalue weighted by Gasteiger charge is -2.22. The smallest absolute Gasteiger partial charge is 0.304 e. The topological polar surface area (TPSA) is 83.5 Å². The lowest BCUT2D eigenvalue weighted by Crippen LogP contribution is -2.43. The second-order valence-electron chi connectivity index (χ2n) is 3.08. The Morgan fingerprint density at radius 1 is 1.50 bits per heavy atom. The van der Waals surface area contributed by atoms with Gasteiger partial charge in [0, 0.05) is 5.56 Å². The Morgan fingerprint density at radius 3 is 2.56 bits per heavy atom. The van der Waals surface area contributed by atoms with Crippen molar-refractivity contribution in [2.75, 3.05) is 0 Å². The summed E-state index contributed by atoms with van der Waals surface area (Å²) < 4.78 is 30.3. The third-order valence-electron chi connectivity index (χ3n) is 2.06. The van der Waals surface area contributed by atoms with E-state index in [9.17, 15) is 17.8 Å². The number of amides is 1. The highest BCUT2D eigenvalue weighted by Crippen LogP contribution is 2.47. The first kappa shape index (κ1) is 11.6. The molecule has 0 saturated carbocycles. The maximum absolute atomic E-state index is 11.4. The Balaban J connectivity index is 2.61. The van der Waals surface area contributed by atoms with Gasteiger partial charge in [-0.25, -0.2) is 0 Å². The summed E-state index contributed by atoms with van der Waals surface area (Å²) in [4.78, 5) is 11.4. The summed E-state index contributed by atoms with van der Waals surface area (Å²) in [6.07, 6.45) is 0. The summed E-state index contributed by atoms with van der Waals surface area (Å²) in [5, 5.41) is 5.47. The van der Waals surface area contributed by atoms with Gasteiger partial charge in [-0.2, -0.15) is 19.8 Å². The molecule has 1 atom stereocenters. The van der Waals surface area contributed by atoms with Gasteiger partial charge in [0.25, 0.3) is 5.91 Å². The Morgan fingerprint density at radius 2 is 2.19 bits per heavy atom. The fourth-order valence-corrected chi connectivity index (χ4v) is 4.42. The molecule has 1 aromatic rings. The number of thioether (sulfide) groups is 1. The fraction of sp³-hybridized carbons (Fsp3) is 0.125. The van der Waals surface area contributed by atoms with Crippen molar-refractivity contribution in [2.24, 2.45) is 0 Å². The molecule has 1 amide bonds. The molecule has 1 unspecified atom stereocenters. The Labute approximate surface area is 100 Å². The van der Waals surface area contributed by atoms with Crippen LogP contribution in [-0.2, 0) is 19.1 Å². The van der Waals surface area contributed by atoms with E-state index in [1.807, 2.05) is 0 Å². The van der Waals surface area contributed by atoms with E-state index in [0.29, 0.717) is 17.3 Å². The quantitative estimate of drug-likeness (QED) is 0.625. The molecule has 86 valence electrons. The summed E-state index contributed by atoms with van der Waals surface area (Å²) in [7, 11) is -4.48. The molecule has 8 heteroatoms. The van der Waals surface area contributed by atoms with Gasteiger partial charge in [-0.1, -0.05) is 18.3 Å². The highest BCUT2D eigenvalue weighted by molar-refractivity contribution is 8.15. The molecule has 1 aliphatic rings. The van der Waals surface area contributed by atoms with Crippen molar-refractivity contribution in [2.45, 2.75) is 4.20 Å². The van der Waals surface area contributed by atoms with Gasteiger partial charge in [-0.15, -0.1) is 0 Å². The van der Waals surface area contributed by atoms with Crippen LogP contribution in [0.15, 0.2) is 28.3 Å². The molecule has 2 rings (SSSR count). The van der Waals surface area contributed by atoms with Gasteiger partial charge >= 0.3 is 10.1 Å². The minimum atomic E-state index is -4.48. The zero-order valence-corrected chi connectivity index (χ0v) is 10.3. The molecule has 1 saturated heterocycles. The predicted octanol–water partition coefficient (Wildman–Crippen LogP) is 1.12. The van der Waals surface area contributed by atoms with Crippen LogP contribution >= 0.6 is 23.1 Å². The molecule has 1 aliphatic heterocycles. The third kappa shape index (κ3) is 1.58. The largest absolute Gasteiger partial charge is 0.318 e. The summed E-state index contributed by atoms with van der Waals surface area (Å²) in [6, 6.07) is 1.53. The number of thiophene rings is 1. The number of carbonyl (C=O) groups is 1. The molecule has 1 fully saturated rings. The first-order chi connectivity index (χ1) is 7.37. The molecule has 5 nitrogen and oxygen atoms in total. The molecular weight excluding hydrogens is 270 g/mol. The lowest BCUT2D eigenvalue weighted by molar-refractivity contribution is -0.116. The van der Waals surface area contributed by atoms with Gasteiger partial charge in [0.2, 0.25) is 4.20 Å². The fourth-order valence-electron chi connectivity index (χ4n) is 1.31. The number of carbonyl (C=O) groups excluding carboxylic acids is 1. The maximum atomic E-state index is 11.4. The first-order valence-corrected chi connectivity index (χ1v) is 7.27. The summed E-state index contributed by atoms with van der Waals surface area (Å²) in [5.41, 5.74) is 0.317. The molecule has 2 heterocycles. The molecule has 2 N–H and O–H groups in total. The normalized spacial score (nSPS) is 25.8. The number of rotatable bonds is 2. The van der Waals surface area contributed by atoms with Crippen molar-refractivity contribution < 1.29 is 17.8 Å². The molecule has 0 aliphatic carbocycles. The zero-order chi connectivity index (χ0) is 12.0. The maximum Gasteiger partial charge on any atom is 0.304 e. The highest BCUT2D eigenvalue weighted by atomic mass is 32.3. The van der Waals surface area contributed by atoms with E-state index < -0.39 is 20.2 Å². The van der Waals surface area contributed by atoms with Crippen LogP contribution in [0.5, 0.6) is 0 Å². The van der Waals surface area contributed by atoms with Crippen LogP contribution in [0, 0.1) is 0 Å². The first-order valence-electron chi connectivity index (χ1n) is 4.07. The lowest BCUT2D eigenvalue weighted by atomic mass is 10.3. The van der Waals surface area contributed by atoms with Gasteiger partial charge in [-0.3, -0.25) is 9.35 Å². The van der Waals surface area contributed by atoms with Crippen LogP contribution in [0.25, 0.3) is 0 Å². The molecule has 1 aromatic heterocycles. The average Bonchev–Trinajstić information content (AvgIpc) is 2.74. The van der Waals surface area contributed by atoms with Crippen molar-refractivity contribution in [3.63, 3.8) is 0 Å². The van der Waals surface area contributed by atoms with Gasteiger partial charge in [0.05, 0.1) is 4.91 Å². The van der Waals surface area contributed by atoms with Crippen LogP contribution in [0.3, 0.4) is 0 Å². The zero-order valence-electron chi connectivity index (χ0n) is 7.84. The highest BCUT2D eigenvalue weighted by Gasteiger charge is 2.53. The van der Waals surface area contributed by atoms with Gasteiger partial charge in [0.1, 0.15) is 0 Å². The van der Waals surface area contributed by atoms with Crippen molar-refractivity contribution in [3.8, 4) is 0 Å². The summed E-state index contributed by atoms with van der Waals surface area (Å²) in [5.74, 6) is -0.589. The second-order valence-corrected chi connectivity index (χ2v) is 6.99. The minimum Gasteiger partial charge on any atom is -0.318 e. The number of hydrogen-bond acceptors (Lipinski definition) is 5. The predicted molar refractivity (Wildman–Crippen MR) is 62.4 cm³/mol. The summed E-state index contributed by atoms with van der Waals surface area (Å²) >= 11 is 1.97. The number of nitrogens with one attached hydrogen (secondary N) is 1. The van der Waals surface area contributed by atoms with Gasteiger partial charge in [0.15, 0.2) is 0 Å². The Kier molecular flexibility index (Phi) is 2.61. The van der Waals surface area contributed by atoms with Crippen molar-refractivity contribution in [1.29, 1.82) is 0 Å². The molecule has 0 bridgehead atoms.